The van der Waals surface area contributed by atoms with E-state index in [1.807, 2.05) is 13.8 Å². The molecule has 29 heavy (non-hydrogen) atoms. The molecule has 0 bridgehead atoms. The number of rotatable bonds is 6. The van der Waals surface area contributed by atoms with Crippen LogP contribution >= 0.6 is 11.6 Å². The summed E-state index contributed by atoms with van der Waals surface area (Å²) in [6, 6.07) is 4.37. The highest BCUT2D eigenvalue weighted by Crippen LogP contribution is 2.22. The Morgan fingerprint density at radius 1 is 1.28 bits per heavy atom. The van der Waals surface area contributed by atoms with Crippen LogP contribution in [0.3, 0.4) is 0 Å². The summed E-state index contributed by atoms with van der Waals surface area (Å²) < 4.78 is 18.5. The van der Waals surface area contributed by atoms with Gasteiger partial charge in [-0.1, -0.05) is 17.7 Å². The van der Waals surface area contributed by atoms with E-state index in [-0.39, 0.29) is 29.8 Å². The highest BCUT2D eigenvalue weighted by atomic mass is 35.5. The maximum Gasteiger partial charge on any atom is 0.256 e. The number of nitrogens with one attached hydrogen (secondary N) is 2. The molecule has 0 spiro atoms. The third-order valence-corrected chi connectivity index (χ3v) is 5.42. The Balaban J connectivity index is 1.56. The fourth-order valence-electron chi connectivity index (χ4n) is 3.49. The highest BCUT2D eigenvalue weighted by molar-refractivity contribution is 6.30. The molecule has 1 aromatic heterocycles. The molecule has 0 radical (unpaired) electrons. The van der Waals surface area contributed by atoms with Gasteiger partial charge in [0, 0.05) is 37.4 Å². The first-order valence-electron chi connectivity index (χ1n) is 9.62. The van der Waals surface area contributed by atoms with Crippen molar-refractivity contribution in [3.63, 3.8) is 0 Å². The number of H-pyrrole nitrogens is 1. The second-order valence-electron chi connectivity index (χ2n) is 7.16. The second kappa shape index (κ2) is 9.41. The van der Waals surface area contributed by atoms with Crippen LogP contribution in [0.25, 0.3) is 0 Å². The van der Waals surface area contributed by atoms with Crippen molar-refractivity contribution in [3.05, 3.63) is 57.1 Å². The zero-order valence-electron chi connectivity index (χ0n) is 16.6. The third-order valence-electron chi connectivity index (χ3n) is 5.13. The molecule has 0 saturated carbocycles. The molecule has 1 aliphatic heterocycles. The van der Waals surface area contributed by atoms with Gasteiger partial charge in [-0.25, -0.2) is 4.39 Å². The Labute approximate surface area is 174 Å². The predicted molar refractivity (Wildman–Crippen MR) is 109 cm³/mol. The molecule has 2 amide bonds. The first-order chi connectivity index (χ1) is 13.9. The number of hydrogen-bond donors (Lipinski definition) is 2. The standard InChI is InChI=1S/C21H25ClFN3O3/c1-13-18(25-14(2)20(13)21(28)26-7-9-29-10-8-26)5-6-19(27)24-12-15-3-4-17(23)16(22)11-15/h3-4,11,25H,5-10,12H2,1-2H3,(H,24,27). The van der Waals surface area contributed by atoms with Gasteiger partial charge in [-0.15, -0.1) is 0 Å². The van der Waals surface area contributed by atoms with Crippen molar-refractivity contribution >= 4 is 23.4 Å². The van der Waals surface area contributed by atoms with Gasteiger partial charge >= 0.3 is 0 Å². The number of halogens is 2. The Morgan fingerprint density at radius 3 is 2.69 bits per heavy atom. The molecule has 3 rings (SSSR count). The number of benzene rings is 1. The zero-order chi connectivity index (χ0) is 21.0. The van der Waals surface area contributed by atoms with Gasteiger partial charge in [0.15, 0.2) is 0 Å². The molecule has 6 nitrogen and oxygen atoms in total. The van der Waals surface area contributed by atoms with Crippen LogP contribution in [0, 0.1) is 19.7 Å². The first-order valence-corrected chi connectivity index (χ1v) is 10.00. The van der Waals surface area contributed by atoms with E-state index in [4.69, 9.17) is 16.3 Å². The molecule has 2 aromatic rings. The summed E-state index contributed by atoms with van der Waals surface area (Å²) in [5, 5.41) is 2.84. The van der Waals surface area contributed by atoms with Crippen molar-refractivity contribution in [1.29, 1.82) is 0 Å². The molecule has 2 N–H and O–H groups in total. The van der Waals surface area contributed by atoms with Gasteiger partial charge in [0.2, 0.25) is 5.91 Å². The van der Waals surface area contributed by atoms with Crippen molar-refractivity contribution in [2.45, 2.75) is 33.2 Å². The highest BCUT2D eigenvalue weighted by Gasteiger charge is 2.24. The molecule has 0 aliphatic carbocycles. The molecule has 8 heteroatoms. The third kappa shape index (κ3) is 5.16. The van der Waals surface area contributed by atoms with Gasteiger partial charge in [-0.2, -0.15) is 0 Å². The van der Waals surface area contributed by atoms with Crippen LogP contribution in [0.15, 0.2) is 18.2 Å². The number of ether oxygens (including phenoxy) is 1. The Bertz CT molecular complexity index is 907. The zero-order valence-corrected chi connectivity index (χ0v) is 17.4. The number of aromatic nitrogens is 1. The minimum absolute atomic E-state index is 0.00319. The van der Waals surface area contributed by atoms with Gasteiger partial charge in [-0.05, 0) is 43.5 Å². The first kappa shape index (κ1) is 21.3. The summed E-state index contributed by atoms with van der Waals surface area (Å²) in [6.45, 7) is 6.36. The minimum atomic E-state index is -0.484. The lowest BCUT2D eigenvalue weighted by molar-refractivity contribution is -0.121. The molecule has 1 aliphatic rings. The summed E-state index contributed by atoms with van der Waals surface area (Å²) in [7, 11) is 0. The summed E-state index contributed by atoms with van der Waals surface area (Å²) in [5.74, 6) is -0.608. The lowest BCUT2D eigenvalue weighted by Crippen LogP contribution is -2.41. The predicted octanol–water partition coefficient (Wildman–Crippen LogP) is 3.15. The normalized spacial score (nSPS) is 14.1. The van der Waals surface area contributed by atoms with E-state index in [1.165, 1.54) is 12.1 Å². The topological polar surface area (TPSA) is 74.4 Å². The van der Waals surface area contributed by atoms with Gasteiger partial charge in [-0.3, -0.25) is 9.59 Å². The molecule has 2 heterocycles. The van der Waals surface area contributed by atoms with E-state index in [0.29, 0.717) is 38.3 Å². The van der Waals surface area contributed by atoms with E-state index in [0.717, 1.165) is 22.5 Å². The molecule has 1 saturated heterocycles. The molecule has 0 unspecified atom stereocenters. The lowest BCUT2D eigenvalue weighted by atomic mass is 10.1. The Morgan fingerprint density at radius 2 is 2.00 bits per heavy atom. The number of aryl methyl sites for hydroxylation is 2. The molecule has 0 atom stereocenters. The van der Waals surface area contributed by atoms with Crippen LogP contribution in [0.1, 0.15) is 39.3 Å². The van der Waals surface area contributed by atoms with E-state index in [9.17, 15) is 14.0 Å². The van der Waals surface area contributed by atoms with Crippen molar-refractivity contribution in [2.24, 2.45) is 0 Å². The Kier molecular flexibility index (Phi) is 6.92. The summed E-state index contributed by atoms with van der Waals surface area (Å²) in [4.78, 5) is 30.1. The molecule has 1 aromatic carbocycles. The van der Waals surface area contributed by atoms with E-state index >= 15 is 0 Å². The molecule has 156 valence electrons. The number of amides is 2. The van der Waals surface area contributed by atoms with Crippen molar-refractivity contribution < 1.29 is 18.7 Å². The number of morpholine rings is 1. The molecular weight excluding hydrogens is 397 g/mol. The molecular formula is C21H25ClFN3O3. The maximum atomic E-state index is 13.2. The SMILES string of the molecule is Cc1[nH]c(CCC(=O)NCc2ccc(F)c(Cl)c2)c(C)c1C(=O)N1CCOCC1. The maximum absolute atomic E-state index is 13.2. The quantitative estimate of drug-likeness (QED) is 0.752. The van der Waals surface area contributed by atoms with E-state index in [1.54, 1.807) is 11.0 Å². The number of hydrogen-bond acceptors (Lipinski definition) is 3. The smallest absolute Gasteiger partial charge is 0.256 e. The fraction of sp³-hybridized carbons (Fsp3) is 0.429. The lowest BCUT2D eigenvalue weighted by Gasteiger charge is -2.27. The van der Waals surface area contributed by atoms with Gasteiger partial charge in [0.25, 0.3) is 5.91 Å². The van der Waals surface area contributed by atoms with Crippen LogP contribution in [-0.2, 0) is 22.5 Å². The van der Waals surface area contributed by atoms with Crippen LogP contribution in [0.2, 0.25) is 5.02 Å². The van der Waals surface area contributed by atoms with E-state index in [2.05, 4.69) is 10.3 Å². The van der Waals surface area contributed by atoms with Gasteiger partial charge in [0.1, 0.15) is 5.82 Å². The second-order valence-corrected chi connectivity index (χ2v) is 7.57. The summed E-state index contributed by atoms with van der Waals surface area (Å²) in [5.41, 5.74) is 4.00. The van der Waals surface area contributed by atoms with Crippen LogP contribution in [0.4, 0.5) is 4.39 Å². The largest absolute Gasteiger partial charge is 0.378 e. The van der Waals surface area contributed by atoms with Gasteiger partial charge < -0.3 is 19.9 Å². The van der Waals surface area contributed by atoms with E-state index < -0.39 is 5.82 Å². The summed E-state index contributed by atoms with van der Waals surface area (Å²) in [6.07, 6.45) is 0.778. The number of carbonyl (C=O) groups excluding carboxylic acids is 2. The van der Waals surface area contributed by atoms with Crippen molar-refractivity contribution in [3.8, 4) is 0 Å². The average molecular weight is 422 g/mol. The summed E-state index contributed by atoms with van der Waals surface area (Å²) >= 11 is 5.76. The number of carbonyl (C=O) groups is 2. The fourth-order valence-corrected chi connectivity index (χ4v) is 3.69. The van der Waals surface area contributed by atoms with Gasteiger partial charge in [0.05, 0.1) is 23.8 Å². The monoisotopic (exact) mass is 421 g/mol. The molecule has 1 fully saturated rings. The van der Waals surface area contributed by atoms with Crippen molar-refractivity contribution in [1.82, 2.24) is 15.2 Å². The number of aromatic amines is 1. The van der Waals surface area contributed by atoms with Crippen LogP contribution in [-0.4, -0.2) is 48.0 Å². The minimum Gasteiger partial charge on any atom is -0.378 e. The van der Waals surface area contributed by atoms with Crippen LogP contribution < -0.4 is 5.32 Å². The number of nitrogens with zero attached hydrogens (tertiary/aromatic N) is 1. The van der Waals surface area contributed by atoms with Crippen LogP contribution in [0.5, 0.6) is 0 Å². The average Bonchev–Trinajstić information content (AvgIpc) is 3.00. The Hall–Kier alpha value is -2.38. The van der Waals surface area contributed by atoms with Crippen molar-refractivity contribution in [2.75, 3.05) is 26.3 Å².